The zero-order valence-corrected chi connectivity index (χ0v) is 8.79. The van der Waals surface area contributed by atoms with E-state index in [1.54, 1.807) is 6.07 Å². The molecule has 0 heterocycles. The highest BCUT2D eigenvalue weighted by molar-refractivity contribution is 9.10. The molecule has 1 nitrogen and oxygen atoms in total. The highest BCUT2D eigenvalue weighted by Crippen LogP contribution is 2.23. The molecule has 1 N–H and O–H groups in total. The predicted molar refractivity (Wildman–Crippen MR) is 53.3 cm³/mol. The quantitative estimate of drug-likeness (QED) is 0.867. The SMILES string of the molecule is Cc1cc(NCCF)c(F)cc1Br. The number of hydrogen-bond donors (Lipinski definition) is 1. The van der Waals surface area contributed by atoms with E-state index >= 15 is 0 Å². The molecule has 0 aliphatic carbocycles. The first-order valence-electron chi connectivity index (χ1n) is 3.90. The highest BCUT2D eigenvalue weighted by Gasteiger charge is 2.04. The Hall–Kier alpha value is -0.640. The molecule has 1 aromatic rings. The standard InChI is InChI=1S/C9H10BrF2N/c1-6-4-9(13-3-2-11)8(12)5-7(6)10/h4-5,13H,2-3H2,1H3. The summed E-state index contributed by atoms with van der Waals surface area (Å²) in [4.78, 5) is 0. The van der Waals surface area contributed by atoms with E-state index in [-0.39, 0.29) is 12.4 Å². The molecule has 72 valence electrons. The van der Waals surface area contributed by atoms with Crippen molar-refractivity contribution in [3.63, 3.8) is 0 Å². The molecule has 1 rings (SSSR count). The smallest absolute Gasteiger partial charge is 0.147 e. The van der Waals surface area contributed by atoms with Gasteiger partial charge in [0.1, 0.15) is 12.5 Å². The van der Waals surface area contributed by atoms with Gasteiger partial charge in [-0.15, -0.1) is 0 Å². The number of rotatable bonds is 3. The van der Waals surface area contributed by atoms with Crippen LogP contribution in [-0.4, -0.2) is 13.2 Å². The minimum Gasteiger partial charge on any atom is -0.380 e. The van der Waals surface area contributed by atoms with Crippen molar-refractivity contribution in [2.45, 2.75) is 6.92 Å². The van der Waals surface area contributed by atoms with E-state index < -0.39 is 6.67 Å². The summed E-state index contributed by atoms with van der Waals surface area (Å²) < 4.78 is 25.7. The fraction of sp³-hybridized carbons (Fsp3) is 0.333. The molecule has 0 bridgehead atoms. The van der Waals surface area contributed by atoms with Crippen molar-refractivity contribution < 1.29 is 8.78 Å². The van der Waals surface area contributed by atoms with Crippen molar-refractivity contribution in [3.05, 3.63) is 28.0 Å². The first kappa shape index (κ1) is 10.4. The maximum absolute atomic E-state index is 13.1. The van der Waals surface area contributed by atoms with Gasteiger partial charge in [0.05, 0.1) is 5.69 Å². The van der Waals surface area contributed by atoms with Crippen LogP contribution in [0.15, 0.2) is 16.6 Å². The molecule has 0 aliphatic heterocycles. The van der Waals surface area contributed by atoms with E-state index in [9.17, 15) is 8.78 Å². The lowest BCUT2D eigenvalue weighted by Crippen LogP contribution is -2.05. The van der Waals surface area contributed by atoms with Gasteiger partial charge < -0.3 is 5.32 Å². The second-order valence-electron chi connectivity index (χ2n) is 2.70. The topological polar surface area (TPSA) is 12.0 Å². The predicted octanol–water partition coefficient (Wildman–Crippen LogP) is 3.28. The Labute approximate surface area is 84.3 Å². The van der Waals surface area contributed by atoms with Crippen LogP contribution in [0.2, 0.25) is 0 Å². The highest BCUT2D eigenvalue weighted by atomic mass is 79.9. The number of hydrogen-bond acceptors (Lipinski definition) is 1. The minimum absolute atomic E-state index is 0.137. The molecule has 0 amide bonds. The monoisotopic (exact) mass is 249 g/mol. The van der Waals surface area contributed by atoms with Gasteiger partial charge in [-0.25, -0.2) is 8.78 Å². The third-order valence-electron chi connectivity index (χ3n) is 1.66. The maximum Gasteiger partial charge on any atom is 0.147 e. The second-order valence-corrected chi connectivity index (χ2v) is 3.55. The molecular weight excluding hydrogens is 240 g/mol. The molecule has 0 radical (unpaired) electrons. The van der Waals surface area contributed by atoms with Crippen LogP contribution in [-0.2, 0) is 0 Å². The minimum atomic E-state index is -0.505. The van der Waals surface area contributed by atoms with Crippen molar-refractivity contribution in [1.29, 1.82) is 0 Å². The Balaban J connectivity index is 2.88. The van der Waals surface area contributed by atoms with Crippen LogP contribution in [0.25, 0.3) is 0 Å². The van der Waals surface area contributed by atoms with Crippen molar-refractivity contribution in [2.24, 2.45) is 0 Å². The van der Waals surface area contributed by atoms with Gasteiger partial charge in [-0.05, 0) is 24.6 Å². The van der Waals surface area contributed by atoms with Gasteiger partial charge in [0.15, 0.2) is 0 Å². The lowest BCUT2D eigenvalue weighted by molar-refractivity contribution is 0.511. The van der Waals surface area contributed by atoms with Crippen LogP contribution in [0.5, 0.6) is 0 Å². The zero-order valence-electron chi connectivity index (χ0n) is 7.20. The first-order chi connectivity index (χ1) is 6.15. The summed E-state index contributed by atoms with van der Waals surface area (Å²) in [5, 5.41) is 2.66. The molecule has 0 aromatic heterocycles. The summed E-state index contributed by atoms with van der Waals surface area (Å²) in [6, 6.07) is 3.02. The molecule has 1 aromatic carbocycles. The number of benzene rings is 1. The fourth-order valence-corrected chi connectivity index (χ4v) is 1.29. The van der Waals surface area contributed by atoms with Gasteiger partial charge in [-0.1, -0.05) is 15.9 Å². The van der Waals surface area contributed by atoms with Gasteiger partial charge in [0.2, 0.25) is 0 Å². The van der Waals surface area contributed by atoms with E-state index in [4.69, 9.17) is 0 Å². The molecule has 0 aliphatic rings. The molecule has 0 saturated carbocycles. The summed E-state index contributed by atoms with van der Waals surface area (Å²) in [6.07, 6.45) is 0. The molecule has 0 fully saturated rings. The Bertz CT molecular complexity index is 302. The Kier molecular flexibility index (Phi) is 3.66. The van der Waals surface area contributed by atoms with Gasteiger partial charge in [0, 0.05) is 11.0 Å². The van der Waals surface area contributed by atoms with Gasteiger partial charge >= 0.3 is 0 Å². The van der Waals surface area contributed by atoms with Crippen molar-refractivity contribution >= 4 is 21.6 Å². The summed E-state index contributed by atoms with van der Waals surface area (Å²) in [5.74, 6) is -0.370. The summed E-state index contributed by atoms with van der Waals surface area (Å²) in [5.41, 5.74) is 1.26. The average molecular weight is 250 g/mol. The third kappa shape index (κ3) is 2.66. The molecule has 0 unspecified atom stereocenters. The molecule has 0 atom stereocenters. The van der Waals surface area contributed by atoms with Crippen molar-refractivity contribution in [2.75, 3.05) is 18.5 Å². The normalized spacial score (nSPS) is 10.2. The molecular formula is C9H10BrF2N. The van der Waals surface area contributed by atoms with Crippen LogP contribution in [0.3, 0.4) is 0 Å². The van der Waals surface area contributed by atoms with E-state index in [1.807, 2.05) is 6.92 Å². The van der Waals surface area contributed by atoms with Gasteiger partial charge in [-0.2, -0.15) is 0 Å². The van der Waals surface area contributed by atoms with Gasteiger partial charge in [-0.3, -0.25) is 0 Å². The van der Waals surface area contributed by atoms with E-state index in [0.717, 1.165) is 10.0 Å². The van der Waals surface area contributed by atoms with Crippen LogP contribution in [0, 0.1) is 12.7 Å². The van der Waals surface area contributed by atoms with E-state index in [1.165, 1.54) is 6.07 Å². The Morgan fingerprint density at radius 3 is 2.77 bits per heavy atom. The fourth-order valence-electron chi connectivity index (χ4n) is 0.975. The molecule has 4 heteroatoms. The lowest BCUT2D eigenvalue weighted by atomic mass is 10.2. The van der Waals surface area contributed by atoms with E-state index in [2.05, 4.69) is 21.2 Å². The summed E-state index contributed by atoms with van der Waals surface area (Å²) in [6.45, 7) is 1.48. The van der Waals surface area contributed by atoms with E-state index in [0.29, 0.717) is 5.69 Å². The van der Waals surface area contributed by atoms with Gasteiger partial charge in [0.25, 0.3) is 0 Å². The molecule has 0 saturated heterocycles. The summed E-state index contributed by atoms with van der Waals surface area (Å²) in [7, 11) is 0. The first-order valence-corrected chi connectivity index (χ1v) is 4.70. The van der Waals surface area contributed by atoms with Crippen molar-refractivity contribution in [1.82, 2.24) is 0 Å². The third-order valence-corrected chi connectivity index (χ3v) is 2.51. The zero-order chi connectivity index (χ0) is 9.84. The summed E-state index contributed by atoms with van der Waals surface area (Å²) >= 11 is 3.21. The Morgan fingerprint density at radius 1 is 1.46 bits per heavy atom. The van der Waals surface area contributed by atoms with Crippen LogP contribution >= 0.6 is 15.9 Å². The number of aryl methyl sites for hydroxylation is 1. The average Bonchev–Trinajstić information content (AvgIpc) is 2.09. The van der Waals surface area contributed by atoms with Crippen LogP contribution in [0.1, 0.15) is 5.56 Å². The molecule has 0 spiro atoms. The maximum atomic E-state index is 13.1. The largest absolute Gasteiger partial charge is 0.380 e. The second kappa shape index (κ2) is 4.56. The number of alkyl halides is 1. The van der Waals surface area contributed by atoms with Crippen LogP contribution < -0.4 is 5.32 Å². The number of nitrogens with one attached hydrogen (secondary N) is 1. The number of anilines is 1. The molecule has 13 heavy (non-hydrogen) atoms. The lowest BCUT2D eigenvalue weighted by Gasteiger charge is -2.07. The van der Waals surface area contributed by atoms with Crippen molar-refractivity contribution in [3.8, 4) is 0 Å². The van der Waals surface area contributed by atoms with Crippen LogP contribution in [0.4, 0.5) is 14.5 Å². The number of halogens is 3. The Morgan fingerprint density at radius 2 is 2.15 bits per heavy atom.